The smallest absolute Gasteiger partial charge is 0.282 e. The van der Waals surface area contributed by atoms with Gasteiger partial charge in [-0.2, -0.15) is 0 Å². The zero-order valence-corrected chi connectivity index (χ0v) is 11.8. The summed E-state index contributed by atoms with van der Waals surface area (Å²) in [6.07, 6.45) is 0. The summed E-state index contributed by atoms with van der Waals surface area (Å²) in [6.45, 7) is 6.38. The van der Waals surface area contributed by atoms with Crippen LogP contribution < -0.4 is 0 Å². The largest absolute Gasteiger partial charge is 0.379 e. The minimum Gasteiger partial charge on any atom is -0.379 e. The van der Waals surface area contributed by atoms with Crippen molar-refractivity contribution >= 4 is 17.4 Å². The predicted octanol–water partition coefficient (Wildman–Crippen LogP) is 2.33. The third-order valence-electron chi connectivity index (χ3n) is 3.08. The van der Waals surface area contributed by atoms with Crippen molar-refractivity contribution in [1.82, 2.24) is 4.90 Å². The highest BCUT2D eigenvalue weighted by Gasteiger charge is 2.15. The van der Waals surface area contributed by atoms with Crippen LogP contribution in [0.5, 0.6) is 0 Å². The summed E-state index contributed by atoms with van der Waals surface area (Å²) < 4.78 is 5.29. The van der Waals surface area contributed by atoms with Crippen molar-refractivity contribution in [3.05, 3.63) is 33.9 Å². The maximum Gasteiger partial charge on any atom is 0.282 e. The molecule has 0 saturated carbocycles. The molecular formula is C13H18N2O3S. The van der Waals surface area contributed by atoms with Crippen LogP contribution in [0.15, 0.2) is 23.1 Å². The van der Waals surface area contributed by atoms with Crippen molar-refractivity contribution < 1.29 is 9.66 Å². The SMILES string of the molecule is Cc1ccc([N+](=O)[O-])c(SCCN2CCOCC2)c1. The first-order valence-corrected chi connectivity index (χ1v) is 7.33. The average Bonchev–Trinajstić information content (AvgIpc) is 2.39. The number of nitro groups is 1. The maximum absolute atomic E-state index is 11.0. The van der Waals surface area contributed by atoms with E-state index in [9.17, 15) is 10.1 Å². The van der Waals surface area contributed by atoms with E-state index in [2.05, 4.69) is 4.90 Å². The molecule has 104 valence electrons. The molecule has 0 atom stereocenters. The van der Waals surface area contributed by atoms with E-state index in [0.717, 1.165) is 49.1 Å². The van der Waals surface area contributed by atoms with Gasteiger partial charge in [-0.25, -0.2) is 0 Å². The van der Waals surface area contributed by atoms with Gasteiger partial charge in [0.05, 0.1) is 23.0 Å². The third-order valence-corrected chi connectivity index (χ3v) is 4.11. The fourth-order valence-corrected chi connectivity index (χ4v) is 3.13. The van der Waals surface area contributed by atoms with Crippen molar-refractivity contribution in [3.63, 3.8) is 0 Å². The lowest BCUT2D eigenvalue weighted by molar-refractivity contribution is -0.387. The van der Waals surface area contributed by atoms with Gasteiger partial charge in [-0.15, -0.1) is 11.8 Å². The van der Waals surface area contributed by atoms with E-state index >= 15 is 0 Å². The van der Waals surface area contributed by atoms with E-state index in [0.29, 0.717) is 0 Å². The molecule has 1 fully saturated rings. The molecule has 1 saturated heterocycles. The third kappa shape index (κ3) is 4.19. The molecule has 0 radical (unpaired) electrons. The molecule has 0 aliphatic carbocycles. The van der Waals surface area contributed by atoms with Gasteiger partial charge >= 0.3 is 0 Å². The van der Waals surface area contributed by atoms with Gasteiger partial charge in [0.25, 0.3) is 5.69 Å². The quantitative estimate of drug-likeness (QED) is 0.471. The van der Waals surface area contributed by atoms with E-state index in [1.54, 1.807) is 23.9 Å². The van der Waals surface area contributed by atoms with Crippen LogP contribution in [0.1, 0.15) is 5.56 Å². The van der Waals surface area contributed by atoms with Crippen molar-refractivity contribution in [2.24, 2.45) is 0 Å². The van der Waals surface area contributed by atoms with Crippen LogP contribution in [0.3, 0.4) is 0 Å². The fraction of sp³-hybridized carbons (Fsp3) is 0.538. The highest BCUT2D eigenvalue weighted by Crippen LogP contribution is 2.29. The Balaban J connectivity index is 1.91. The van der Waals surface area contributed by atoms with Gasteiger partial charge in [-0.3, -0.25) is 15.0 Å². The number of rotatable bonds is 5. The van der Waals surface area contributed by atoms with Crippen molar-refractivity contribution in [3.8, 4) is 0 Å². The Morgan fingerprint density at radius 3 is 2.84 bits per heavy atom. The molecule has 0 unspecified atom stereocenters. The van der Waals surface area contributed by atoms with Crippen LogP contribution in [-0.2, 0) is 4.74 Å². The van der Waals surface area contributed by atoms with Crippen LogP contribution in [0.25, 0.3) is 0 Å². The van der Waals surface area contributed by atoms with E-state index in [-0.39, 0.29) is 10.6 Å². The predicted molar refractivity (Wildman–Crippen MR) is 75.8 cm³/mol. The van der Waals surface area contributed by atoms with Crippen LogP contribution >= 0.6 is 11.8 Å². The van der Waals surface area contributed by atoms with Crippen LogP contribution in [0.2, 0.25) is 0 Å². The monoisotopic (exact) mass is 282 g/mol. The second kappa shape index (κ2) is 6.88. The zero-order chi connectivity index (χ0) is 13.7. The lowest BCUT2D eigenvalue weighted by atomic mass is 10.2. The molecule has 0 N–H and O–H groups in total. The highest BCUT2D eigenvalue weighted by atomic mass is 32.2. The number of benzene rings is 1. The Kier molecular flexibility index (Phi) is 5.18. The Labute approximate surface area is 117 Å². The van der Waals surface area contributed by atoms with Crippen LogP contribution in [-0.4, -0.2) is 48.4 Å². The summed E-state index contributed by atoms with van der Waals surface area (Å²) in [5.74, 6) is 0.865. The number of hydrogen-bond acceptors (Lipinski definition) is 5. The van der Waals surface area contributed by atoms with Gasteiger partial charge < -0.3 is 4.74 Å². The normalized spacial score (nSPS) is 16.5. The van der Waals surface area contributed by atoms with Crippen LogP contribution in [0.4, 0.5) is 5.69 Å². The van der Waals surface area contributed by atoms with Gasteiger partial charge in [0, 0.05) is 31.5 Å². The second-order valence-corrected chi connectivity index (χ2v) is 5.67. The number of nitrogens with zero attached hydrogens (tertiary/aromatic N) is 2. The van der Waals surface area contributed by atoms with E-state index in [1.165, 1.54) is 0 Å². The molecule has 19 heavy (non-hydrogen) atoms. The van der Waals surface area contributed by atoms with Gasteiger partial charge in [-0.05, 0) is 18.6 Å². The summed E-state index contributed by atoms with van der Waals surface area (Å²) in [6, 6.07) is 5.26. The molecule has 0 spiro atoms. The number of hydrogen-bond donors (Lipinski definition) is 0. The minimum atomic E-state index is -0.309. The van der Waals surface area contributed by atoms with Crippen LogP contribution in [0, 0.1) is 17.0 Å². The molecule has 1 aromatic rings. The summed E-state index contributed by atoms with van der Waals surface area (Å²) in [5, 5.41) is 11.0. The lowest BCUT2D eigenvalue weighted by Gasteiger charge is -2.26. The molecule has 1 aromatic carbocycles. The molecular weight excluding hydrogens is 264 g/mol. The first-order valence-electron chi connectivity index (χ1n) is 6.35. The first-order chi connectivity index (χ1) is 9.16. The molecule has 1 heterocycles. The molecule has 5 nitrogen and oxygen atoms in total. The summed E-state index contributed by atoms with van der Waals surface area (Å²) in [7, 11) is 0. The van der Waals surface area contributed by atoms with Gasteiger partial charge in [0.1, 0.15) is 0 Å². The van der Waals surface area contributed by atoms with E-state index in [4.69, 9.17) is 4.74 Å². The highest BCUT2D eigenvalue weighted by molar-refractivity contribution is 7.99. The fourth-order valence-electron chi connectivity index (χ4n) is 2.00. The summed E-state index contributed by atoms with van der Waals surface area (Å²) >= 11 is 1.56. The molecule has 0 aromatic heterocycles. The van der Waals surface area contributed by atoms with Gasteiger partial charge in [-0.1, -0.05) is 6.07 Å². The van der Waals surface area contributed by atoms with Crippen molar-refractivity contribution in [2.75, 3.05) is 38.6 Å². The Morgan fingerprint density at radius 2 is 2.16 bits per heavy atom. The Bertz CT molecular complexity index is 448. The van der Waals surface area contributed by atoms with E-state index < -0.39 is 0 Å². The standard InChI is InChI=1S/C13H18N2O3S/c1-11-2-3-12(15(16)17)13(10-11)19-9-6-14-4-7-18-8-5-14/h2-3,10H,4-9H2,1H3. The molecule has 0 amide bonds. The Morgan fingerprint density at radius 1 is 1.42 bits per heavy atom. The molecule has 2 rings (SSSR count). The number of ether oxygens (including phenoxy) is 1. The molecule has 1 aliphatic rings. The Hall–Kier alpha value is -1.11. The minimum absolute atomic E-state index is 0.206. The average molecular weight is 282 g/mol. The van der Waals surface area contributed by atoms with Crippen molar-refractivity contribution in [2.45, 2.75) is 11.8 Å². The number of thioether (sulfide) groups is 1. The molecule has 6 heteroatoms. The van der Waals surface area contributed by atoms with Gasteiger partial charge in [0.2, 0.25) is 0 Å². The lowest BCUT2D eigenvalue weighted by Crippen LogP contribution is -2.37. The first kappa shape index (κ1) is 14.3. The summed E-state index contributed by atoms with van der Waals surface area (Å²) in [5.41, 5.74) is 1.26. The molecule has 0 bridgehead atoms. The van der Waals surface area contributed by atoms with Gasteiger partial charge in [0.15, 0.2) is 0 Å². The van der Waals surface area contributed by atoms with Crippen molar-refractivity contribution in [1.29, 1.82) is 0 Å². The maximum atomic E-state index is 11.0. The number of morpholine rings is 1. The number of aryl methyl sites for hydroxylation is 1. The zero-order valence-electron chi connectivity index (χ0n) is 11.0. The summed E-state index contributed by atoms with van der Waals surface area (Å²) in [4.78, 5) is 13.7. The topological polar surface area (TPSA) is 55.6 Å². The second-order valence-electron chi connectivity index (χ2n) is 4.53. The van der Waals surface area contributed by atoms with E-state index in [1.807, 2.05) is 13.0 Å². The molecule has 1 aliphatic heterocycles. The number of nitro benzene ring substituents is 1.